The fourth-order valence-electron chi connectivity index (χ4n) is 7.37. The molecule has 4 aliphatic rings. The van der Waals surface area contributed by atoms with Crippen molar-refractivity contribution in [2.75, 3.05) is 11.9 Å². The van der Waals surface area contributed by atoms with E-state index in [1.54, 1.807) is 48.5 Å². The number of thiocarbonyl (C=S) groups is 2. The Kier molecular flexibility index (Phi) is 17.3. The molecule has 2 heterocycles. The Morgan fingerprint density at radius 3 is 1.59 bits per heavy atom. The first-order chi connectivity index (χ1) is 33.2. The van der Waals surface area contributed by atoms with E-state index in [-0.39, 0.29) is 92.0 Å². The molecule has 0 atom stereocenters. The van der Waals surface area contributed by atoms with E-state index in [9.17, 15) is 39.6 Å². The Bertz CT molecular complexity index is 3640. The Hall–Kier alpha value is -3.87. The summed E-state index contributed by atoms with van der Waals surface area (Å²) in [7, 11) is 0. The fraction of sp³-hybridized carbons (Fsp3) is 0.106. The van der Waals surface area contributed by atoms with E-state index in [1.165, 1.54) is 12.1 Å². The van der Waals surface area contributed by atoms with E-state index in [2.05, 4.69) is 167 Å². The van der Waals surface area contributed by atoms with Crippen LogP contribution in [0.2, 0.25) is 0 Å². The summed E-state index contributed by atoms with van der Waals surface area (Å²) in [5.74, 6) is -2.71. The Balaban J connectivity index is 0.000000209. The number of hydrogen-bond acceptors (Lipinski definition) is 11. The van der Waals surface area contributed by atoms with Crippen LogP contribution in [0.3, 0.4) is 0 Å². The van der Waals surface area contributed by atoms with Crippen LogP contribution in [0.4, 0.5) is 11.4 Å². The Morgan fingerprint density at radius 1 is 0.657 bits per heavy atom. The molecule has 4 aromatic carbocycles. The quantitative estimate of drug-likeness (QED) is 0.0434. The molecule has 0 radical (unpaired) electrons. The summed E-state index contributed by atoms with van der Waals surface area (Å²) in [5, 5.41) is 55.0. The number of anilines is 1. The standard InChI is InChI=1S/C26H20Br4N2O5S.C21H7Br4NO5S/c1-2-3-4-7-31-26(38)32-11-5-6-12(13(8-11)25(35)36)18-14-9-16(27)21(33)19(29)23(14)37-24-15(18)10-17(28)22(34)20(24)30;22-12-4-10-14(8-2-1-7(26-6-32)3-9(8)21(29)30)11-5-13(23)18(28)16(25)20(11)31-19(10)15(24)17(12)27/h5-6,8-10,33H,2-4,7H2,1H3,(H,35,36)(H2,31,32,38);1-5,27H,(H,29,30)/p-2. The maximum atomic E-state index is 12.7. The summed E-state index contributed by atoms with van der Waals surface area (Å²) in [6, 6.07) is 15.7. The zero-order valence-corrected chi connectivity index (χ0v) is 49.4. The molecule has 70 heavy (non-hydrogen) atoms. The average molecular weight is 1500 g/mol. The lowest BCUT2D eigenvalue weighted by atomic mass is 9.90. The van der Waals surface area contributed by atoms with E-state index < -0.39 is 11.9 Å². The van der Waals surface area contributed by atoms with Crippen LogP contribution in [-0.2, 0) is 0 Å². The van der Waals surface area contributed by atoms with Crippen LogP contribution in [0.5, 0.6) is 11.5 Å². The summed E-state index contributed by atoms with van der Waals surface area (Å²) in [4.78, 5) is 53.7. The van der Waals surface area contributed by atoms with Crippen LogP contribution >= 0.6 is 152 Å². The van der Waals surface area contributed by atoms with Gasteiger partial charge >= 0.3 is 11.9 Å². The molecule has 358 valence electrons. The van der Waals surface area contributed by atoms with Gasteiger partial charge in [0.25, 0.3) is 0 Å². The van der Waals surface area contributed by atoms with Crippen LogP contribution in [0, 0.1) is 0 Å². The minimum atomic E-state index is -1.19. The van der Waals surface area contributed by atoms with Gasteiger partial charge in [-0.2, -0.15) is 4.99 Å². The molecule has 13 nitrogen and oxygen atoms in total. The zero-order valence-electron chi connectivity index (χ0n) is 35.0. The number of nitrogens with zero attached hydrogens (tertiary/aromatic N) is 1. The van der Waals surface area contributed by atoms with E-state index in [0.29, 0.717) is 67.2 Å². The summed E-state index contributed by atoms with van der Waals surface area (Å²) in [6.07, 6.45) is 3.15. The van der Waals surface area contributed by atoms with Gasteiger partial charge in [-0.15, -0.1) is 0 Å². The second-order valence-electron chi connectivity index (χ2n) is 14.9. The van der Waals surface area contributed by atoms with Gasteiger partial charge < -0.3 is 39.9 Å². The van der Waals surface area contributed by atoms with Gasteiger partial charge in [0.1, 0.15) is 20.1 Å². The second-order valence-corrected chi connectivity index (χ2v) is 22.0. The molecule has 8 rings (SSSR count). The van der Waals surface area contributed by atoms with Gasteiger partial charge in [0, 0.05) is 54.2 Å². The molecule has 0 fully saturated rings. The number of fused-ring (bicyclic) bond motifs is 4. The van der Waals surface area contributed by atoms with Gasteiger partial charge in [0.05, 0.1) is 39.9 Å². The van der Waals surface area contributed by atoms with E-state index in [0.717, 1.165) is 19.3 Å². The van der Waals surface area contributed by atoms with E-state index >= 15 is 0 Å². The number of nitrogens with one attached hydrogen (secondary N) is 2. The first-order valence-electron chi connectivity index (χ1n) is 20.0. The van der Waals surface area contributed by atoms with Crippen molar-refractivity contribution in [3.05, 3.63) is 128 Å². The molecule has 0 unspecified atom stereocenters. The van der Waals surface area contributed by atoms with Crippen molar-refractivity contribution in [2.45, 2.75) is 26.2 Å². The fourth-order valence-corrected chi connectivity index (χ4v) is 12.5. The van der Waals surface area contributed by atoms with E-state index in [1.807, 2.05) is 0 Å². The minimum Gasteiger partial charge on any atom is -0.871 e. The number of carboxylic acids is 2. The van der Waals surface area contributed by atoms with Crippen molar-refractivity contribution < 1.29 is 38.8 Å². The molecule has 0 saturated carbocycles. The highest BCUT2D eigenvalue weighted by Crippen LogP contribution is 2.51. The number of rotatable bonds is 10. The largest absolute Gasteiger partial charge is 0.871 e. The van der Waals surface area contributed by atoms with Gasteiger partial charge in [-0.3, -0.25) is 9.59 Å². The van der Waals surface area contributed by atoms with Crippen molar-refractivity contribution in [3.63, 3.8) is 0 Å². The highest BCUT2D eigenvalue weighted by molar-refractivity contribution is 9.12. The van der Waals surface area contributed by atoms with Gasteiger partial charge in [0.2, 0.25) is 10.9 Å². The highest BCUT2D eigenvalue weighted by Gasteiger charge is 2.29. The third-order valence-corrected chi connectivity index (χ3v) is 16.1. The number of aliphatic imine (C=N–C) groups is 1. The lowest BCUT2D eigenvalue weighted by Crippen LogP contribution is -2.29. The lowest BCUT2D eigenvalue weighted by Gasteiger charge is -2.22. The molecule has 4 N–H and O–H groups in total. The van der Waals surface area contributed by atoms with Crippen molar-refractivity contribution in [1.82, 2.24) is 5.32 Å². The second kappa shape index (κ2) is 22.5. The van der Waals surface area contributed by atoms with Gasteiger partial charge in [-0.05, 0) is 186 Å². The number of isothiocyanates is 1. The predicted molar refractivity (Wildman–Crippen MR) is 302 cm³/mol. The topological polar surface area (TPSA) is 218 Å². The maximum absolute atomic E-state index is 12.7. The molecule has 2 aliphatic heterocycles. The first kappa shape index (κ1) is 53.9. The number of unbranched alkanes of at least 4 members (excludes halogenated alkanes) is 2. The van der Waals surface area contributed by atoms with Crippen LogP contribution in [0.1, 0.15) is 46.9 Å². The van der Waals surface area contributed by atoms with Crippen LogP contribution < -0.4 is 31.7 Å². The SMILES string of the molecule is CCCCCNC(=S)Nc1ccc(-c2c3cc(Br)c(=O)c(Br)c-3oc3c(Br)c([O-])c(Br)cc23)c(C(=O)O)c1.O=C(O)c1cc(N=C=S)ccc1-c1c2cc(Br)c(=O)c(Br)c-2oc2c(Br)c([O-])c(Br)cc12. The third-order valence-electron chi connectivity index (χ3n) is 10.5. The number of carbonyl (C=O) groups is 2. The Morgan fingerprint density at radius 2 is 1.13 bits per heavy atom. The Labute approximate surface area is 473 Å². The molecular weight excluding hydrogens is 1470 g/mol. The molecule has 0 aromatic heterocycles. The normalized spacial score (nSPS) is 11.1. The minimum absolute atomic E-state index is 0.00512. The molecule has 0 bridgehead atoms. The zero-order chi connectivity index (χ0) is 51.0. The molecule has 0 amide bonds. The molecule has 0 spiro atoms. The number of hydrogen-bond donors (Lipinski definition) is 4. The average Bonchev–Trinajstić information content (AvgIpc) is 3.32. The molecular formula is C47H25Br8N3O10S2-2. The summed E-state index contributed by atoms with van der Waals surface area (Å²) in [5.41, 5.74) is 2.99. The molecule has 2 aliphatic carbocycles. The van der Waals surface area contributed by atoms with Crippen molar-refractivity contribution in [3.8, 4) is 56.4 Å². The first-order valence-corrected chi connectivity index (χ1v) is 27.1. The summed E-state index contributed by atoms with van der Waals surface area (Å²) in [6.45, 7) is 2.83. The van der Waals surface area contributed by atoms with E-state index in [4.69, 9.17) is 21.1 Å². The van der Waals surface area contributed by atoms with Crippen molar-refractivity contribution in [2.24, 2.45) is 4.99 Å². The molecule has 23 heteroatoms. The number of benzene rings is 6. The van der Waals surface area contributed by atoms with Crippen molar-refractivity contribution >= 4 is 207 Å². The summed E-state index contributed by atoms with van der Waals surface area (Å²) < 4.78 is 13.6. The third kappa shape index (κ3) is 10.6. The summed E-state index contributed by atoms with van der Waals surface area (Å²) >= 11 is 36.3. The smallest absolute Gasteiger partial charge is 0.336 e. The highest BCUT2D eigenvalue weighted by atomic mass is 79.9. The van der Waals surface area contributed by atoms with Gasteiger partial charge in [0.15, 0.2) is 16.6 Å². The number of carboxylic acid groups (broad SMARTS) is 2. The molecule has 0 saturated heterocycles. The van der Waals surface area contributed by atoms with Gasteiger partial charge in [-0.25, -0.2) is 9.59 Å². The number of aromatic carboxylic acids is 2. The van der Waals surface area contributed by atoms with Gasteiger partial charge in [-0.1, -0.05) is 75.3 Å². The maximum Gasteiger partial charge on any atom is 0.336 e. The lowest BCUT2D eigenvalue weighted by molar-refractivity contribution is -0.271. The van der Waals surface area contributed by atoms with Crippen LogP contribution in [-0.4, -0.2) is 39.0 Å². The predicted octanol–water partition coefficient (Wildman–Crippen LogP) is 15.0. The van der Waals surface area contributed by atoms with Crippen molar-refractivity contribution in [1.29, 1.82) is 0 Å². The molecule has 4 aromatic rings. The number of halogens is 8. The van der Waals surface area contributed by atoms with Crippen LogP contribution in [0.25, 0.3) is 66.8 Å². The van der Waals surface area contributed by atoms with Crippen LogP contribution in [0.15, 0.2) is 120 Å². The monoisotopic (exact) mass is 1490 g/mol.